The van der Waals surface area contributed by atoms with Gasteiger partial charge in [0.1, 0.15) is 5.82 Å². The highest BCUT2D eigenvalue weighted by Gasteiger charge is 2.32. The van der Waals surface area contributed by atoms with Crippen LogP contribution in [0.1, 0.15) is 40.7 Å². The number of anilines is 2. The number of benzene rings is 1. The summed E-state index contributed by atoms with van der Waals surface area (Å²) in [6, 6.07) is 7.12. The molecular formula is C25H31F3N4O3. The van der Waals surface area contributed by atoms with Crippen molar-refractivity contribution in [2.75, 3.05) is 38.7 Å². The Morgan fingerprint density at radius 3 is 2.69 bits per heavy atom. The standard InChI is InChI=1S/C25H31F3N4O3/c1-16-20(6-10-29-23(16)31-19-5-3-4-17(14-19)25(26,27)28)24(33)32-11-7-18(8-12-32)30-21-9-13-35-15-22(21)34-2/h3-6,10,14,18,21-22,30H,7-9,11-13,15H2,1-2H3,(H,29,31)/t21-,22+/m0/s1. The molecule has 2 aliphatic heterocycles. The molecule has 1 aromatic heterocycles. The monoisotopic (exact) mass is 492 g/mol. The molecule has 2 atom stereocenters. The van der Waals surface area contributed by atoms with Gasteiger partial charge in [0.05, 0.1) is 18.3 Å². The fourth-order valence-electron chi connectivity index (χ4n) is 4.66. The Kier molecular flexibility index (Phi) is 7.93. The third kappa shape index (κ3) is 6.12. The van der Waals surface area contributed by atoms with Crippen LogP contribution in [0.25, 0.3) is 0 Å². The summed E-state index contributed by atoms with van der Waals surface area (Å²) in [6.07, 6.45) is -0.340. The lowest BCUT2D eigenvalue weighted by atomic mass is 9.99. The molecule has 190 valence electrons. The third-order valence-electron chi connectivity index (χ3n) is 6.73. The second-order valence-corrected chi connectivity index (χ2v) is 9.01. The minimum Gasteiger partial charge on any atom is -0.379 e. The van der Waals surface area contributed by atoms with Crippen molar-refractivity contribution in [1.82, 2.24) is 15.2 Å². The van der Waals surface area contributed by atoms with Crippen molar-refractivity contribution in [3.63, 3.8) is 0 Å². The van der Waals surface area contributed by atoms with Gasteiger partial charge >= 0.3 is 6.18 Å². The van der Waals surface area contributed by atoms with Gasteiger partial charge in [-0.2, -0.15) is 13.2 Å². The van der Waals surface area contributed by atoms with Gasteiger partial charge in [-0.15, -0.1) is 0 Å². The van der Waals surface area contributed by atoms with Crippen LogP contribution < -0.4 is 10.6 Å². The number of nitrogens with one attached hydrogen (secondary N) is 2. The SMILES string of the molecule is CO[C@@H]1COCC[C@@H]1NC1CCN(C(=O)c2ccnc(Nc3cccc(C(F)(F)F)c3)c2C)CC1. The Morgan fingerprint density at radius 1 is 1.20 bits per heavy atom. The maximum absolute atomic E-state index is 13.3. The maximum Gasteiger partial charge on any atom is 0.416 e. The average molecular weight is 493 g/mol. The van der Waals surface area contributed by atoms with Crippen molar-refractivity contribution in [1.29, 1.82) is 0 Å². The van der Waals surface area contributed by atoms with E-state index in [0.717, 1.165) is 31.4 Å². The predicted molar refractivity (Wildman–Crippen MR) is 126 cm³/mol. The number of hydrogen-bond donors (Lipinski definition) is 2. The van der Waals surface area contributed by atoms with Crippen molar-refractivity contribution >= 4 is 17.4 Å². The highest BCUT2D eigenvalue weighted by molar-refractivity contribution is 5.97. The lowest BCUT2D eigenvalue weighted by molar-refractivity contribution is -0.137. The minimum absolute atomic E-state index is 0.0330. The van der Waals surface area contributed by atoms with Crippen LogP contribution in [0, 0.1) is 6.92 Å². The van der Waals surface area contributed by atoms with Crippen LogP contribution in [-0.4, -0.2) is 67.4 Å². The summed E-state index contributed by atoms with van der Waals surface area (Å²) < 4.78 is 50.2. The Labute approximate surface area is 203 Å². The van der Waals surface area contributed by atoms with Gasteiger partial charge in [0.15, 0.2) is 0 Å². The van der Waals surface area contributed by atoms with E-state index in [9.17, 15) is 18.0 Å². The molecule has 2 aromatic rings. The molecule has 1 amide bonds. The predicted octanol–water partition coefficient (Wildman–Crippen LogP) is 4.15. The number of amides is 1. The van der Waals surface area contributed by atoms with Gasteiger partial charge in [0, 0.05) is 61.9 Å². The van der Waals surface area contributed by atoms with E-state index in [1.165, 1.54) is 18.3 Å². The molecule has 0 bridgehead atoms. The van der Waals surface area contributed by atoms with E-state index in [1.54, 1.807) is 20.1 Å². The first-order valence-electron chi connectivity index (χ1n) is 11.8. The topological polar surface area (TPSA) is 75.7 Å². The van der Waals surface area contributed by atoms with Crippen LogP contribution in [0.2, 0.25) is 0 Å². The number of piperidine rings is 1. The molecule has 0 spiro atoms. The smallest absolute Gasteiger partial charge is 0.379 e. The summed E-state index contributed by atoms with van der Waals surface area (Å²) in [5.41, 5.74) is 0.598. The Morgan fingerprint density at radius 2 is 1.97 bits per heavy atom. The zero-order chi connectivity index (χ0) is 25.0. The lowest BCUT2D eigenvalue weighted by Crippen LogP contribution is -2.54. The van der Waals surface area contributed by atoms with Gasteiger partial charge in [-0.05, 0) is 50.5 Å². The number of carbonyl (C=O) groups excluding carboxylic acids is 1. The Bertz CT molecular complexity index is 1030. The number of carbonyl (C=O) groups is 1. The number of methoxy groups -OCH3 is 1. The van der Waals surface area contributed by atoms with Gasteiger partial charge in [0.2, 0.25) is 0 Å². The first-order chi connectivity index (χ1) is 16.8. The summed E-state index contributed by atoms with van der Waals surface area (Å²) >= 11 is 0. The van der Waals surface area contributed by atoms with E-state index in [0.29, 0.717) is 49.3 Å². The second-order valence-electron chi connectivity index (χ2n) is 9.01. The molecule has 0 saturated carbocycles. The van der Waals surface area contributed by atoms with Crippen LogP contribution in [0.4, 0.5) is 24.7 Å². The molecular weight excluding hydrogens is 461 g/mol. The van der Waals surface area contributed by atoms with E-state index >= 15 is 0 Å². The second kappa shape index (κ2) is 10.9. The van der Waals surface area contributed by atoms with Gasteiger partial charge in [0.25, 0.3) is 5.91 Å². The number of halogens is 3. The lowest BCUT2D eigenvalue weighted by Gasteiger charge is -2.38. The Hall–Kier alpha value is -2.69. The van der Waals surface area contributed by atoms with Gasteiger partial charge in [-0.25, -0.2) is 4.98 Å². The van der Waals surface area contributed by atoms with E-state index in [2.05, 4.69) is 15.6 Å². The molecule has 2 fully saturated rings. The minimum atomic E-state index is -4.44. The number of likely N-dealkylation sites (tertiary alicyclic amines) is 1. The molecule has 0 radical (unpaired) electrons. The largest absolute Gasteiger partial charge is 0.416 e. The number of hydrogen-bond acceptors (Lipinski definition) is 6. The molecule has 7 nitrogen and oxygen atoms in total. The molecule has 4 rings (SSSR count). The fourth-order valence-corrected chi connectivity index (χ4v) is 4.66. The van der Waals surface area contributed by atoms with Crippen molar-refractivity contribution < 1.29 is 27.4 Å². The van der Waals surface area contributed by atoms with Crippen molar-refractivity contribution in [3.05, 3.63) is 53.2 Å². The molecule has 35 heavy (non-hydrogen) atoms. The molecule has 3 heterocycles. The molecule has 2 saturated heterocycles. The van der Waals surface area contributed by atoms with Crippen LogP contribution in [-0.2, 0) is 15.7 Å². The van der Waals surface area contributed by atoms with E-state index < -0.39 is 11.7 Å². The summed E-state index contributed by atoms with van der Waals surface area (Å²) in [5.74, 6) is 0.258. The number of pyridine rings is 1. The van der Waals surface area contributed by atoms with Crippen molar-refractivity contribution in [2.24, 2.45) is 0 Å². The molecule has 10 heteroatoms. The summed E-state index contributed by atoms with van der Waals surface area (Å²) in [5, 5.41) is 6.61. The number of aromatic nitrogens is 1. The molecule has 0 unspecified atom stereocenters. The number of ether oxygens (including phenoxy) is 2. The van der Waals surface area contributed by atoms with Crippen LogP contribution in [0.5, 0.6) is 0 Å². The zero-order valence-electron chi connectivity index (χ0n) is 19.9. The van der Waals surface area contributed by atoms with Crippen LogP contribution in [0.15, 0.2) is 36.5 Å². The first-order valence-corrected chi connectivity index (χ1v) is 11.8. The van der Waals surface area contributed by atoms with E-state index in [1.807, 2.05) is 4.90 Å². The highest BCUT2D eigenvalue weighted by Crippen LogP contribution is 2.32. The summed E-state index contributed by atoms with van der Waals surface area (Å²) in [6.45, 7) is 4.29. The zero-order valence-corrected chi connectivity index (χ0v) is 19.9. The molecule has 2 aliphatic rings. The fraction of sp³-hybridized carbons (Fsp3) is 0.520. The first kappa shape index (κ1) is 25.4. The quantitative estimate of drug-likeness (QED) is 0.631. The van der Waals surface area contributed by atoms with Crippen molar-refractivity contribution in [2.45, 2.75) is 50.6 Å². The Balaban J connectivity index is 1.39. The van der Waals surface area contributed by atoms with E-state index in [4.69, 9.17) is 9.47 Å². The summed E-state index contributed by atoms with van der Waals surface area (Å²) in [7, 11) is 1.70. The number of nitrogens with zero attached hydrogens (tertiary/aromatic N) is 2. The molecule has 2 N–H and O–H groups in total. The number of rotatable bonds is 6. The molecule has 0 aliphatic carbocycles. The normalized spacial score (nSPS) is 21.7. The van der Waals surface area contributed by atoms with Crippen LogP contribution >= 0.6 is 0 Å². The van der Waals surface area contributed by atoms with Gasteiger partial charge < -0.3 is 25.0 Å². The maximum atomic E-state index is 13.3. The highest BCUT2D eigenvalue weighted by atomic mass is 19.4. The van der Waals surface area contributed by atoms with Crippen molar-refractivity contribution in [3.8, 4) is 0 Å². The number of alkyl halides is 3. The van der Waals surface area contributed by atoms with E-state index in [-0.39, 0.29) is 23.7 Å². The molecule has 1 aromatic carbocycles. The van der Waals surface area contributed by atoms with Crippen LogP contribution in [0.3, 0.4) is 0 Å². The van der Waals surface area contributed by atoms with Gasteiger partial charge in [-0.3, -0.25) is 4.79 Å². The summed E-state index contributed by atoms with van der Waals surface area (Å²) in [4.78, 5) is 19.3. The average Bonchev–Trinajstić information content (AvgIpc) is 2.85. The van der Waals surface area contributed by atoms with Gasteiger partial charge in [-0.1, -0.05) is 6.07 Å². The third-order valence-corrected chi connectivity index (χ3v) is 6.73.